The van der Waals surface area contributed by atoms with E-state index in [2.05, 4.69) is 15.5 Å². The lowest BCUT2D eigenvalue weighted by Crippen LogP contribution is -2.14. The monoisotopic (exact) mass is 344 g/mol. The van der Waals surface area contributed by atoms with Crippen molar-refractivity contribution in [2.45, 2.75) is 13.3 Å². The van der Waals surface area contributed by atoms with Crippen LogP contribution in [0.25, 0.3) is 5.69 Å². The highest BCUT2D eigenvalue weighted by atomic mass is 35.5. The van der Waals surface area contributed by atoms with Crippen LogP contribution in [0.5, 0.6) is 5.75 Å². The summed E-state index contributed by atoms with van der Waals surface area (Å²) in [5, 5.41) is 10.1. The third-order valence-corrected chi connectivity index (χ3v) is 3.95. The zero-order chi connectivity index (χ0) is 17.1. The molecule has 1 aromatic carbocycles. The molecule has 0 fully saturated rings. The Balaban J connectivity index is 1.92. The Labute approximate surface area is 144 Å². The molecule has 0 aliphatic rings. The van der Waals surface area contributed by atoms with Gasteiger partial charge in [0.1, 0.15) is 5.75 Å². The third kappa shape index (κ3) is 3.14. The van der Waals surface area contributed by atoms with E-state index in [1.165, 1.54) is 7.11 Å². The molecule has 0 saturated heterocycles. The standard InChI is InChI=1S/C17H17ClN4O2/c1-3-11-8-16(21-20-11)19-17(23)12-9-13(18)14(10-15(12)24-2)22-6-4-5-7-22/h4-10H,3H2,1-2H3,(H2,19,20,21,23). The molecule has 24 heavy (non-hydrogen) atoms. The minimum absolute atomic E-state index is 0.332. The number of carbonyl (C=O) groups is 1. The van der Waals surface area contributed by atoms with Crippen molar-refractivity contribution in [3.8, 4) is 11.4 Å². The maximum Gasteiger partial charge on any atom is 0.260 e. The molecule has 0 spiro atoms. The summed E-state index contributed by atoms with van der Waals surface area (Å²) in [5.41, 5.74) is 2.03. The highest BCUT2D eigenvalue weighted by Gasteiger charge is 2.17. The molecule has 0 saturated carbocycles. The molecule has 0 radical (unpaired) electrons. The molecule has 0 aliphatic carbocycles. The van der Waals surface area contributed by atoms with Crippen molar-refractivity contribution in [1.82, 2.24) is 14.8 Å². The minimum atomic E-state index is -0.332. The highest BCUT2D eigenvalue weighted by molar-refractivity contribution is 6.33. The zero-order valence-electron chi connectivity index (χ0n) is 13.3. The van der Waals surface area contributed by atoms with E-state index in [4.69, 9.17) is 16.3 Å². The summed E-state index contributed by atoms with van der Waals surface area (Å²) in [5.74, 6) is 0.568. The first kappa shape index (κ1) is 16.1. The molecule has 124 valence electrons. The van der Waals surface area contributed by atoms with Crippen LogP contribution in [0.2, 0.25) is 5.02 Å². The van der Waals surface area contributed by atoms with E-state index in [0.717, 1.165) is 17.8 Å². The van der Waals surface area contributed by atoms with Gasteiger partial charge in [0, 0.05) is 30.2 Å². The second-order valence-corrected chi connectivity index (χ2v) is 5.59. The van der Waals surface area contributed by atoms with Crippen LogP contribution in [0.4, 0.5) is 5.82 Å². The van der Waals surface area contributed by atoms with Gasteiger partial charge in [-0.05, 0) is 24.6 Å². The van der Waals surface area contributed by atoms with Gasteiger partial charge in [0.25, 0.3) is 5.91 Å². The normalized spacial score (nSPS) is 10.6. The summed E-state index contributed by atoms with van der Waals surface area (Å²) in [6.45, 7) is 2.00. The predicted octanol–water partition coefficient (Wildman–Crippen LogP) is 3.68. The number of H-pyrrole nitrogens is 1. The number of methoxy groups -OCH3 is 1. The van der Waals surface area contributed by atoms with E-state index in [9.17, 15) is 4.79 Å². The van der Waals surface area contributed by atoms with Crippen molar-refractivity contribution in [3.05, 3.63) is 59.0 Å². The molecule has 0 bridgehead atoms. The van der Waals surface area contributed by atoms with Crippen LogP contribution in [0.15, 0.2) is 42.7 Å². The fourth-order valence-corrected chi connectivity index (χ4v) is 2.63. The molecule has 0 atom stereocenters. The molecule has 0 unspecified atom stereocenters. The van der Waals surface area contributed by atoms with Crippen LogP contribution in [0.3, 0.4) is 0 Å². The van der Waals surface area contributed by atoms with Crippen molar-refractivity contribution in [2.24, 2.45) is 0 Å². The number of ether oxygens (including phenoxy) is 1. The highest BCUT2D eigenvalue weighted by Crippen LogP contribution is 2.30. The number of amides is 1. The Bertz CT molecular complexity index is 856. The Morgan fingerprint density at radius 1 is 1.33 bits per heavy atom. The van der Waals surface area contributed by atoms with Gasteiger partial charge in [-0.15, -0.1) is 0 Å². The Hall–Kier alpha value is -2.73. The predicted molar refractivity (Wildman–Crippen MR) is 93.2 cm³/mol. The second-order valence-electron chi connectivity index (χ2n) is 5.18. The van der Waals surface area contributed by atoms with E-state index in [-0.39, 0.29) is 5.91 Å². The van der Waals surface area contributed by atoms with Crippen LogP contribution < -0.4 is 10.1 Å². The summed E-state index contributed by atoms with van der Waals surface area (Å²) in [4.78, 5) is 12.5. The SMILES string of the molecule is CCc1cc(NC(=O)c2cc(Cl)c(-n3cccc3)cc2OC)n[nH]1. The van der Waals surface area contributed by atoms with Gasteiger partial charge in [0.2, 0.25) is 0 Å². The Kier molecular flexibility index (Phi) is 4.57. The summed E-state index contributed by atoms with van der Waals surface area (Å²) in [6.07, 6.45) is 4.55. The maximum atomic E-state index is 12.5. The average molecular weight is 345 g/mol. The van der Waals surface area contributed by atoms with Gasteiger partial charge in [-0.2, -0.15) is 5.10 Å². The first-order valence-electron chi connectivity index (χ1n) is 7.49. The third-order valence-electron chi connectivity index (χ3n) is 3.65. The van der Waals surface area contributed by atoms with Crippen LogP contribution in [-0.4, -0.2) is 27.8 Å². The molecule has 7 heteroatoms. The molecular weight excluding hydrogens is 328 g/mol. The number of halogens is 1. The molecule has 1 amide bonds. The largest absolute Gasteiger partial charge is 0.496 e. The van der Waals surface area contributed by atoms with Crippen molar-refractivity contribution >= 4 is 23.3 Å². The van der Waals surface area contributed by atoms with Crippen LogP contribution in [-0.2, 0) is 6.42 Å². The van der Waals surface area contributed by atoms with Crippen molar-refractivity contribution in [1.29, 1.82) is 0 Å². The smallest absolute Gasteiger partial charge is 0.260 e. The molecule has 3 aromatic rings. The van der Waals surface area contributed by atoms with E-state index in [1.807, 2.05) is 36.0 Å². The van der Waals surface area contributed by atoms with E-state index < -0.39 is 0 Å². The van der Waals surface area contributed by atoms with Gasteiger partial charge in [-0.1, -0.05) is 18.5 Å². The van der Waals surface area contributed by atoms with Crippen molar-refractivity contribution in [3.63, 3.8) is 0 Å². The molecular formula is C17H17ClN4O2. The topological polar surface area (TPSA) is 71.9 Å². The van der Waals surface area contributed by atoms with Gasteiger partial charge in [-0.25, -0.2) is 0 Å². The maximum absolute atomic E-state index is 12.5. The quantitative estimate of drug-likeness (QED) is 0.741. The summed E-state index contributed by atoms with van der Waals surface area (Å²) in [7, 11) is 1.52. The van der Waals surface area contributed by atoms with Gasteiger partial charge < -0.3 is 14.6 Å². The zero-order valence-corrected chi connectivity index (χ0v) is 14.1. The molecule has 2 aromatic heterocycles. The molecule has 2 heterocycles. The number of aryl methyl sites for hydroxylation is 1. The van der Waals surface area contributed by atoms with E-state index in [0.29, 0.717) is 22.2 Å². The van der Waals surface area contributed by atoms with Crippen LogP contribution >= 0.6 is 11.6 Å². The number of aromatic amines is 1. The van der Waals surface area contributed by atoms with Crippen LogP contribution in [0.1, 0.15) is 23.0 Å². The van der Waals surface area contributed by atoms with E-state index >= 15 is 0 Å². The Morgan fingerprint density at radius 3 is 2.71 bits per heavy atom. The average Bonchev–Trinajstić information content (AvgIpc) is 3.26. The van der Waals surface area contributed by atoms with Gasteiger partial charge in [-0.3, -0.25) is 9.89 Å². The fourth-order valence-electron chi connectivity index (χ4n) is 2.37. The number of nitrogens with one attached hydrogen (secondary N) is 2. The number of benzene rings is 1. The lowest BCUT2D eigenvalue weighted by molar-refractivity contribution is 0.102. The van der Waals surface area contributed by atoms with Crippen molar-refractivity contribution < 1.29 is 9.53 Å². The summed E-state index contributed by atoms with van der Waals surface area (Å²) in [6, 6.07) is 8.91. The number of nitrogens with zero attached hydrogens (tertiary/aromatic N) is 2. The Morgan fingerprint density at radius 2 is 2.08 bits per heavy atom. The van der Waals surface area contributed by atoms with Crippen LogP contribution in [0, 0.1) is 0 Å². The van der Waals surface area contributed by atoms with E-state index in [1.54, 1.807) is 18.2 Å². The summed E-state index contributed by atoms with van der Waals surface area (Å²) < 4.78 is 7.22. The number of anilines is 1. The lowest BCUT2D eigenvalue weighted by atomic mass is 10.1. The number of hydrogen-bond donors (Lipinski definition) is 2. The second kappa shape index (κ2) is 6.80. The molecule has 6 nitrogen and oxygen atoms in total. The van der Waals surface area contributed by atoms with Gasteiger partial charge >= 0.3 is 0 Å². The van der Waals surface area contributed by atoms with Gasteiger partial charge in [0.05, 0.1) is 23.4 Å². The first-order chi connectivity index (χ1) is 11.6. The van der Waals surface area contributed by atoms with Crippen molar-refractivity contribution in [2.75, 3.05) is 12.4 Å². The number of carbonyl (C=O) groups excluding carboxylic acids is 1. The fraction of sp³-hybridized carbons (Fsp3) is 0.176. The molecule has 3 rings (SSSR count). The number of aromatic nitrogens is 3. The molecule has 2 N–H and O–H groups in total. The number of hydrogen-bond acceptors (Lipinski definition) is 3. The summed E-state index contributed by atoms with van der Waals surface area (Å²) >= 11 is 6.35. The number of rotatable bonds is 5. The molecule has 0 aliphatic heterocycles. The van der Waals surface area contributed by atoms with Gasteiger partial charge in [0.15, 0.2) is 5.82 Å². The minimum Gasteiger partial charge on any atom is -0.496 e. The lowest BCUT2D eigenvalue weighted by Gasteiger charge is -2.13. The first-order valence-corrected chi connectivity index (χ1v) is 7.86.